The SMILES string of the molecule is N#Cc1c(N)nn2cnc(N3C[C@@H](F)C[C@@H]3c3cc(F)ccc3F)cc12. The lowest BCUT2D eigenvalue weighted by Crippen LogP contribution is -2.25. The van der Waals surface area contributed by atoms with E-state index < -0.39 is 23.8 Å². The van der Waals surface area contributed by atoms with Crippen LogP contribution in [0.1, 0.15) is 23.6 Å². The van der Waals surface area contributed by atoms with Crippen molar-refractivity contribution in [1.82, 2.24) is 14.6 Å². The summed E-state index contributed by atoms with van der Waals surface area (Å²) in [6.07, 6.45) is 0.151. The maximum atomic E-state index is 14.2. The third-order valence-electron chi connectivity index (χ3n) is 4.51. The Bertz CT molecular complexity index is 1040. The van der Waals surface area contributed by atoms with Gasteiger partial charge in [-0.3, -0.25) is 0 Å². The Morgan fingerprint density at radius 1 is 1.27 bits per heavy atom. The molecule has 3 heterocycles. The van der Waals surface area contributed by atoms with Crippen molar-refractivity contribution in [3.63, 3.8) is 0 Å². The van der Waals surface area contributed by atoms with E-state index in [-0.39, 0.29) is 29.9 Å². The van der Waals surface area contributed by atoms with Gasteiger partial charge < -0.3 is 10.6 Å². The van der Waals surface area contributed by atoms with Crippen LogP contribution in [0.3, 0.4) is 0 Å². The van der Waals surface area contributed by atoms with Crippen LogP contribution in [0.2, 0.25) is 0 Å². The van der Waals surface area contributed by atoms with Gasteiger partial charge in [-0.15, -0.1) is 5.10 Å². The zero-order valence-corrected chi connectivity index (χ0v) is 13.4. The number of nitrogens with two attached hydrogens (primary N) is 1. The van der Waals surface area contributed by atoms with Gasteiger partial charge in [0.15, 0.2) is 5.82 Å². The number of hydrogen-bond acceptors (Lipinski definition) is 5. The van der Waals surface area contributed by atoms with Gasteiger partial charge in [-0.2, -0.15) is 5.26 Å². The van der Waals surface area contributed by atoms with E-state index in [9.17, 15) is 18.4 Å². The van der Waals surface area contributed by atoms with Gasteiger partial charge in [-0.05, 0) is 18.2 Å². The number of rotatable bonds is 2. The average molecular weight is 358 g/mol. The highest BCUT2D eigenvalue weighted by Crippen LogP contribution is 2.38. The first-order chi connectivity index (χ1) is 12.5. The van der Waals surface area contributed by atoms with Crippen LogP contribution >= 0.6 is 0 Å². The zero-order chi connectivity index (χ0) is 18.4. The molecule has 0 bridgehead atoms. The Hall–Kier alpha value is -3.28. The largest absolute Gasteiger partial charge is 0.381 e. The van der Waals surface area contributed by atoms with Crippen LogP contribution in [0.5, 0.6) is 0 Å². The van der Waals surface area contributed by atoms with Crippen LogP contribution in [0.25, 0.3) is 5.52 Å². The molecule has 132 valence electrons. The predicted octanol–water partition coefficient (Wildman–Crippen LogP) is 2.75. The minimum Gasteiger partial charge on any atom is -0.381 e. The van der Waals surface area contributed by atoms with Crippen molar-refractivity contribution in [1.29, 1.82) is 5.26 Å². The Morgan fingerprint density at radius 3 is 2.85 bits per heavy atom. The maximum Gasteiger partial charge on any atom is 0.164 e. The van der Waals surface area contributed by atoms with Crippen LogP contribution < -0.4 is 10.6 Å². The third-order valence-corrected chi connectivity index (χ3v) is 4.51. The van der Waals surface area contributed by atoms with Gasteiger partial charge in [0.25, 0.3) is 0 Å². The van der Waals surface area contributed by atoms with Crippen molar-refractivity contribution < 1.29 is 13.2 Å². The fraction of sp³-hybridized carbons (Fsp3) is 0.235. The minimum absolute atomic E-state index is 0.0136. The molecule has 3 aromatic rings. The zero-order valence-electron chi connectivity index (χ0n) is 13.4. The number of halogens is 3. The summed E-state index contributed by atoms with van der Waals surface area (Å²) >= 11 is 0. The lowest BCUT2D eigenvalue weighted by molar-refractivity contribution is 0.355. The molecule has 9 heteroatoms. The highest BCUT2D eigenvalue weighted by Gasteiger charge is 2.36. The second-order valence-corrected chi connectivity index (χ2v) is 6.12. The first kappa shape index (κ1) is 16.2. The predicted molar refractivity (Wildman–Crippen MR) is 88.1 cm³/mol. The van der Waals surface area contributed by atoms with Crippen LogP contribution in [0, 0.1) is 23.0 Å². The summed E-state index contributed by atoms with van der Waals surface area (Å²) in [5.74, 6) is -0.808. The molecular weight excluding hydrogens is 345 g/mol. The summed E-state index contributed by atoms with van der Waals surface area (Å²) < 4.78 is 43.2. The van der Waals surface area contributed by atoms with Crippen LogP contribution in [-0.2, 0) is 0 Å². The third kappa shape index (κ3) is 2.50. The Balaban J connectivity index is 1.81. The summed E-state index contributed by atoms with van der Waals surface area (Å²) in [6, 6.07) is 5.92. The number of nitrogens with zero attached hydrogens (tertiary/aromatic N) is 5. The summed E-state index contributed by atoms with van der Waals surface area (Å²) in [5, 5.41) is 13.2. The van der Waals surface area contributed by atoms with Crippen molar-refractivity contribution in [2.24, 2.45) is 0 Å². The van der Waals surface area contributed by atoms with Crippen molar-refractivity contribution in [3.8, 4) is 6.07 Å². The van der Waals surface area contributed by atoms with Crippen LogP contribution in [0.4, 0.5) is 24.8 Å². The number of fused-ring (bicyclic) bond motifs is 1. The maximum absolute atomic E-state index is 14.2. The molecule has 0 aliphatic carbocycles. The molecular formula is C17H13F3N6. The molecule has 26 heavy (non-hydrogen) atoms. The van der Waals surface area contributed by atoms with Crippen molar-refractivity contribution >= 4 is 17.2 Å². The normalized spacial score (nSPS) is 19.8. The first-order valence-corrected chi connectivity index (χ1v) is 7.87. The van der Waals surface area contributed by atoms with Gasteiger partial charge in [0.05, 0.1) is 18.1 Å². The molecule has 2 aromatic heterocycles. The average Bonchev–Trinajstić information content (AvgIpc) is 3.15. The van der Waals surface area contributed by atoms with E-state index in [0.29, 0.717) is 11.3 Å². The molecule has 1 saturated heterocycles. The molecule has 0 saturated carbocycles. The smallest absolute Gasteiger partial charge is 0.164 e. The lowest BCUT2D eigenvalue weighted by atomic mass is 10.0. The Morgan fingerprint density at radius 2 is 2.08 bits per heavy atom. The summed E-state index contributed by atoms with van der Waals surface area (Å²) in [7, 11) is 0. The molecule has 1 aliphatic heterocycles. The number of benzene rings is 1. The number of anilines is 2. The Kier molecular flexibility index (Phi) is 3.68. The molecule has 0 radical (unpaired) electrons. The Labute approximate surface area is 146 Å². The molecule has 4 rings (SSSR count). The van der Waals surface area contributed by atoms with Gasteiger partial charge in [-0.25, -0.2) is 22.7 Å². The fourth-order valence-electron chi connectivity index (χ4n) is 3.34. The van der Waals surface area contributed by atoms with E-state index in [1.807, 2.05) is 6.07 Å². The van der Waals surface area contributed by atoms with Gasteiger partial charge >= 0.3 is 0 Å². The quantitative estimate of drug-likeness (QED) is 0.762. The molecule has 0 spiro atoms. The van der Waals surface area contributed by atoms with E-state index in [2.05, 4.69) is 10.1 Å². The van der Waals surface area contributed by atoms with Crippen molar-refractivity contribution in [3.05, 3.63) is 53.4 Å². The van der Waals surface area contributed by atoms with E-state index >= 15 is 0 Å². The topological polar surface area (TPSA) is 83.2 Å². The lowest BCUT2D eigenvalue weighted by Gasteiger charge is -2.26. The molecule has 0 amide bonds. The number of alkyl halides is 1. The molecule has 1 aliphatic rings. The molecule has 1 aromatic carbocycles. The summed E-state index contributed by atoms with van der Waals surface area (Å²) in [4.78, 5) is 5.78. The number of nitriles is 1. The molecule has 0 unspecified atom stereocenters. The van der Waals surface area contributed by atoms with Crippen molar-refractivity contribution in [2.45, 2.75) is 18.6 Å². The van der Waals surface area contributed by atoms with E-state index in [1.54, 1.807) is 11.0 Å². The van der Waals surface area contributed by atoms with Gasteiger partial charge in [0.2, 0.25) is 0 Å². The van der Waals surface area contributed by atoms with Crippen LogP contribution in [0.15, 0.2) is 30.6 Å². The molecule has 6 nitrogen and oxygen atoms in total. The monoisotopic (exact) mass is 358 g/mol. The van der Waals surface area contributed by atoms with E-state index in [1.165, 1.54) is 10.8 Å². The molecule has 1 fully saturated rings. The highest BCUT2D eigenvalue weighted by atomic mass is 19.1. The number of nitrogen functional groups attached to an aromatic ring is 1. The first-order valence-electron chi connectivity index (χ1n) is 7.87. The van der Waals surface area contributed by atoms with Crippen LogP contribution in [-0.4, -0.2) is 27.3 Å². The standard InChI is InChI=1S/C17H13F3N6/c18-9-1-2-13(20)11(3-9)14-4-10(19)7-25(14)16-5-15-12(6-21)17(22)24-26(15)8-23-16/h1-3,5,8,10,14H,4,7H2,(H2,22,24)/t10-,14+/m0/s1. The second-order valence-electron chi connectivity index (χ2n) is 6.12. The molecule has 2 N–H and O–H groups in total. The fourth-order valence-corrected chi connectivity index (χ4v) is 3.34. The molecule has 2 atom stereocenters. The van der Waals surface area contributed by atoms with Gasteiger partial charge in [-0.1, -0.05) is 0 Å². The summed E-state index contributed by atoms with van der Waals surface area (Å²) in [5.41, 5.74) is 6.36. The van der Waals surface area contributed by atoms with Crippen molar-refractivity contribution in [2.75, 3.05) is 17.2 Å². The van der Waals surface area contributed by atoms with Gasteiger partial charge in [0.1, 0.15) is 41.6 Å². The van der Waals surface area contributed by atoms with Gasteiger partial charge in [0, 0.05) is 18.1 Å². The minimum atomic E-state index is -1.22. The second kappa shape index (κ2) is 5.91. The number of hydrogen-bond donors (Lipinski definition) is 1. The van der Waals surface area contributed by atoms with E-state index in [0.717, 1.165) is 18.2 Å². The highest BCUT2D eigenvalue weighted by molar-refractivity contribution is 5.72. The number of aromatic nitrogens is 3. The van der Waals surface area contributed by atoms with E-state index in [4.69, 9.17) is 5.73 Å². The summed E-state index contributed by atoms with van der Waals surface area (Å²) in [6.45, 7) is -0.0186.